The highest BCUT2D eigenvalue weighted by molar-refractivity contribution is 7.71. The fraction of sp³-hybridized carbons (Fsp3) is 0.615. The molecule has 1 fully saturated rings. The van der Waals surface area contributed by atoms with Crippen LogP contribution in [-0.4, -0.2) is 39.7 Å². The predicted octanol–water partition coefficient (Wildman–Crippen LogP) is 3.27. The topological polar surface area (TPSA) is 58.0 Å². The Hall–Kier alpha value is -1.05. The van der Waals surface area contributed by atoms with Gasteiger partial charge >= 0.3 is 0 Å². The Bertz CT molecular complexity index is 595. The van der Waals surface area contributed by atoms with Crippen molar-refractivity contribution in [3.63, 3.8) is 0 Å². The van der Waals surface area contributed by atoms with E-state index in [0.29, 0.717) is 10.7 Å². The van der Waals surface area contributed by atoms with Crippen LogP contribution in [0.15, 0.2) is 9.80 Å². The normalized spacial score (nSPS) is 17.2. The number of thiazole rings is 1. The van der Waals surface area contributed by atoms with E-state index in [1.54, 1.807) is 11.3 Å². The predicted molar refractivity (Wildman–Crippen MR) is 81.4 cm³/mol. The van der Waals surface area contributed by atoms with Gasteiger partial charge in [0.2, 0.25) is 0 Å². The lowest BCUT2D eigenvalue weighted by molar-refractivity contribution is 0.288. The summed E-state index contributed by atoms with van der Waals surface area (Å²) in [6.07, 6.45) is 6.41. The lowest BCUT2D eigenvalue weighted by Crippen LogP contribution is -2.26. The van der Waals surface area contributed by atoms with Crippen LogP contribution in [0.4, 0.5) is 0 Å². The molecule has 2 aromatic heterocycles. The molecule has 3 rings (SSSR count). The second-order valence-corrected chi connectivity index (χ2v) is 6.36. The third-order valence-corrected chi connectivity index (χ3v) is 4.63. The van der Waals surface area contributed by atoms with E-state index < -0.39 is 0 Å². The maximum absolute atomic E-state index is 5.28. The van der Waals surface area contributed by atoms with E-state index in [-0.39, 0.29) is 0 Å². The van der Waals surface area contributed by atoms with Crippen LogP contribution in [0.1, 0.15) is 30.7 Å². The molecule has 1 aliphatic rings. The molecule has 1 aliphatic heterocycles. The molecule has 2 aromatic rings. The molecule has 3 heterocycles. The van der Waals surface area contributed by atoms with Crippen molar-refractivity contribution in [2.75, 3.05) is 19.6 Å². The second kappa shape index (κ2) is 6.60. The van der Waals surface area contributed by atoms with Gasteiger partial charge in [0.25, 0.3) is 10.7 Å². The summed E-state index contributed by atoms with van der Waals surface area (Å²) in [5.41, 5.74) is 0.771. The van der Waals surface area contributed by atoms with Gasteiger partial charge in [-0.1, -0.05) is 12.8 Å². The molecule has 1 saturated heterocycles. The number of nitrogens with zero attached hydrogens (tertiary/aromatic N) is 3. The summed E-state index contributed by atoms with van der Waals surface area (Å²) in [6.45, 7) is 3.55. The molecular formula is C13H18N4OS2. The number of nitrogens with one attached hydrogen (secondary N) is 1. The standard InChI is InChI=1S/C13H18N4OS2/c19-13-16-15-12(18-13)10-9-20-11(14-10)5-8-17-6-3-1-2-4-7-17/h9H,1-8H2,(H,16,19). The fourth-order valence-corrected chi connectivity index (χ4v) is 3.36. The highest BCUT2D eigenvalue weighted by Crippen LogP contribution is 2.20. The summed E-state index contributed by atoms with van der Waals surface area (Å²) in [5, 5.41) is 9.73. The van der Waals surface area contributed by atoms with Crippen molar-refractivity contribution in [2.24, 2.45) is 0 Å². The molecule has 0 aromatic carbocycles. The van der Waals surface area contributed by atoms with Gasteiger partial charge < -0.3 is 9.32 Å². The maximum atomic E-state index is 5.28. The third-order valence-electron chi connectivity index (χ3n) is 3.55. The summed E-state index contributed by atoms with van der Waals surface area (Å²) >= 11 is 6.54. The molecule has 108 valence electrons. The Kier molecular flexibility index (Phi) is 4.59. The first kappa shape index (κ1) is 13.9. The first-order valence-electron chi connectivity index (χ1n) is 7.04. The summed E-state index contributed by atoms with van der Waals surface area (Å²) in [7, 11) is 0. The van der Waals surface area contributed by atoms with Gasteiger partial charge in [-0.3, -0.25) is 0 Å². The SMILES string of the molecule is S=c1[nH]nc(-c2csc(CCN3CCCCCC3)n2)o1. The Morgan fingerprint density at radius 1 is 1.30 bits per heavy atom. The maximum Gasteiger partial charge on any atom is 0.284 e. The summed E-state index contributed by atoms with van der Waals surface area (Å²) < 4.78 is 5.28. The van der Waals surface area contributed by atoms with E-state index >= 15 is 0 Å². The van der Waals surface area contributed by atoms with Crippen LogP contribution >= 0.6 is 23.6 Å². The van der Waals surface area contributed by atoms with E-state index in [2.05, 4.69) is 20.1 Å². The van der Waals surface area contributed by atoms with Gasteiger partial charge in [0.15, 0.2) is 0 Å². The molecule has 5 nitrogen and oxygen atoms in total. The number of hydrogen-bond acceptors (Lipinski definition) is 6. The van der Waals surface area contributed by atoms with Gasteiger partial charge in [-0.25, -0.2) is 10.1 Å². The quantitative estimate of drug-likeness (QED) is 0.878. The van der Waals surface area contributed by atoms with E-state index in [1.165, 1.54) is 38.8 Å². The summed E-state index contributed by atoms with van der Waals surface area (Å²) in [5.74, 6) is 0.479. The number of H-pyrrole nitrogens is 1. The smallest absolute Gasteiger partial charge is 0.284 e. The molecule has 0 saturated carbocycles. The van der Waals surface area contributed by atoms with E-state index in [1.807, 2.05) is 5.38 Å². The minimum Gasteiger partial charge on any atom is -0.408 e. The van der Waals surface area contributed by atoms with Crippen molar-refractivity contribution < 1.29 is 4.42 Å². The van der Waals surface area contributed by atoms with Gasteiger partial charge in [0, 0.05) is 18.3 Å². The van der Waals surface area contributed by atoms with Crippen molar-refractivity contribution in [3.8, 4) is 11.6 Å². The number of rotatable bonds is 4. The molecule has 0 unspecified atom stereocenters. The molecular weight excluding hydrogens is 292 g/mol. The zero-order valence-corrected chi connectivity index (χ0v) is 12.9. The van der Waals surface area contributed by atoms with Crippen molar-refractivity contribution in [3.05, 3.63) is 15.2 Å². The van der Waals surface area contributed by atoms with Crippen molar-refractivity contribution in [2.45, 2.75) is 32.1 Å². The van der Waals surface area contributed by atoms with Crippen LogP contribution in [0, 0.1) is 4.84 Å². The molecule has 20 heavy (non-hydrogen) atoms. The monoisotopic (exact) mass is 310 g/mol. The highest BCUT2D eigenvalue weighted by Gasteiger charge is 2.12. The second-order valence-electron chi connectivity index (χ2n) is 5.05. The summed E-state index contributed by atoms with van der Waals surface area (Å²) in [6, 6.07) is 0. The molecule has 0 bridgehead atoms. The van der Waals surface area contributed by atoms with Crippen LogP contribution in [-0.2, 0) is 6.42 Å². The number of aromatic amines is 1. The number of likely N-dealkylation sites (tertiary alicyclic amines) is 1. The van der Waals surface area contributed by atoms with Gasteiger partial charge in [-0.2, -0.15) is 0 Å². The molecule has 0 amide bonds. The van der Waals surface area contributed by atoms with Crippen molar-refractivity contribution in [1.29, 1.82) is 0 Å². The Labute approximate surface area is 127 Å². The lowest BCUT2D eigenvalue weighted by Gasteiger charge is -2.18. The number of aromatic nitrogens is 3. The first-order chi connectivity index (χ1) is 9.81. The molecule has 1 N–H and O–H groups in total. The van der Waals surface area contributed by atoms with Crippen LogP contribution in [0.25, 0.3) is 11.6 Å². The van der Waals surface area contributed by atoms with Gasteiger partial charge in [-0.15, -0.1) is 16.4 Å². The molecule has 7 heteroatoms. The van der Waals surface area contributed by atoms with Crippen LogP contribution < -0.4 is 0 Å². The van der Waals surface area contributed by atoms with Crippen molar-refractivity contribution in [1.82, 2.24) is 20.1 Å². The van der Waals surface area contributed by atoms with Gasteiger partial charge in [-0.05, 0) is 38.1 Å². The third kappa shape index (κ3) is 3.53. The first-order valence-corrected chi connectivity index (χ1v) is 8.33. The largest absolute Gasteiger partial charge is 0.408 e. The average molecular weight is 310 g/mol. The van der Waals surface area contributed by atoms with Gasteiger partial charge in [0.1, 0.15) is 5.69 Å². The van der Waals surface area contributed by atoms with E-state index in [0.717, 1.165) is 23.7 Å². The Morgan fingerprint density at radius 3 is 2.80 bits per heavy atom. The minimum atomic E-state index is 0.291. The highest BCUT2D eigenvalue weighted by atomic mass is 32.1. The van der Waals surface area contributed by atoms with Crippen LogP contribution in [0.2, 0.25) is 0 Å². The molecule has 0 atom stereocenters. The minimum absolute atomic E-state index is 0.291. The van der Waals surface area contributed by atoms with Crippen LogP contribution in [0.3, 0.4) is 0 Å². The van der Waals surface area contributed by atoms with E-state index in [4.69, 9.17) is 16.6 Å². The molecule has 0 radical (unpaired) electrons. The van der Waals surface area contributed by atoms with Crippen molar-refractivity contribution >= 4 is 23.6 Å². The lowest BCUT2D eigenvalue weighted by atomic mass is 10.2. The van der Waals surface area contributed by atoms with E-state index in [9.17, 15) is 0 Å². The fourth-order valence-electron chi connectivity index (χ4n) is 2.48. The molecule has 0 aliphatic carbocycles. The Balaban J connectivity index is 1.58. The average Bonchev–Trinajstić information content (AvgIpc) is 3.00. The molecule has 0 spiro atoms. The zero-order chi connectivity index (χ0) is 13.8. The number of hydrogen-bond donors (Lipinski definition) is 1. The zero-order valence-electron chi connectivity index (χ0n) is 11.3. The Morgan fingerprint density at radius 2 is 2.10 bits per heavy atom. The van der Waals surface area contributed by atoms with Gasteiger partial charge in [0.05, 0.1) is 5.01 Å². The summed E-state index contributed by atoms with van der Waals surface area (Å²) in [4.78, 5) is 7.41. The van der Waals surface area contributed by atoms with Crippen LogP contribution in [0.5, 0.6) is 0 Å².